The first-order valence-electron chi connectivity index (χ1n) is 10.7. The number of halogens is 1. The standard InChI is InChI=1S/C26H30N4O2.HI/c1-27-25(31)23-11-7-8-20(17-23)14-15-29-26(28-2)30-18-21-9-6-10-22(16-21)19-32-24-12-4-3-5-13-24;/h3-13,16-17H,14-15,18-19H2,1-2H3,(H,27,31)(H2,28,29,30);1H. The number of rotatable bonds is 9. The Labute approximate surface area is 212 Å². The Balaban J connectivity index is 0.00000385. The van der Waals surface area contributed by atoms with E-state index in [9.17, 15) is 4.79 Å². The quantitative estimate of drug-likeness (QED) is 0.210. The summed E-state index contributed by atoms with van der Waals surface area (Å²) in [6.45, 7) is 1.90. The highest BCUT2D eigenvalue weighted by molar-refractivity contribution is 14.0. The number of hydrogen-bond donors (Lipinski definition) is 3. The van der Waals surface area contributed by atoms with Gasteiger partial charge in [-0.3, -0.25) is 9.79 Å². The second kappa shape index (κ2) is 14.2. The number of para-hydroxylation sites is 1. The predicted octanol–water partition coefficient (Wildman–Crippen LogP) is 4.15. The summed E-state index contributed by atoms with van der Waals surface area (Å²) in [6.07, 6.45) is 0.790. The number of benzene rings is 3. The molecule has 1 amide bonds. The molecule has 174 valence electrons. The minimum absolute atomic E-state index is 0. The van der Waals surface area contributed by atoms with E-state index in [2.05, 4.69) is 39.1 Å². The highest BCUT2D eigenvalue weighted by atomic mass is 127. The van der Waals surface area contributed by atoms with Gasteiger partial charge >= 0.3 is 0 Å². The van der Waals surface area contributed by atoms with E-state index in [0.717, 1.165) is 34.8 Å². The van der Waals surface area contributed by atoms with Crippen LogP contribution in [0, 0.1) is 0 Å². The average molecular weight is 558 g/mol. The Morgan fingerprint density at radius 2 is 1.61 bits per heavy atom. The van der Waals surface area contributed by atoms with E-state index in [-0.39, 0.29) is 29.9 Å². The Morgan fingerprint density at radius 1 is 0.879 bits per heavy atom. The van der Waals surface area contributed by atoms with Crippen molar-refractivity contribution < 1.29 is 9.53 Å². The normalized spacial score (nSPS) is 10.7. The monoisotopic (exact) mass is 558 g/mol. The van der Waals surface area contributed by atoms with Crippen LogP contribution >= 0.6 is 24.0 Å². The molecule has 7 heteroatoms. The molecule has 0 aliphatic heterocycles. The number of carbonyl (C=O) groups excluding carboxylic acids is 1. The molecule has 3 aromatic carbocycles. The number of ether oxygens (including phenoxy) is 1. The average Bonchev–Trinajstić information content (AvgIpc) is 2.85. The van der Waals surface area contributed by atoms with Crippen molar-refractivity contribution in [1.82, 2.24) is 16.0 Å². The molecule has 3 aromatic rings. The summed E-state index contributed by atoms with van der Waals surface area (Å²) in [7, 11) is 3.39. The topological polar surface area (TPSA) is 74.8 Å². The molecular formula is C26H31IN4O2. The molecule has 0 saturated heterocycles. The fourth-order valence-electron chi connectivity index (χ4n) is 3.26. The van der Waals surface area contributed by atoms with E-state index >= 15 is 0 Å². The van der Waals surface area contributed by atoms with Gasteiger partial charge in [-0.25, -0.2) is 0 Å². The minimum Gasteiger partial charge on any atom is -0.489 e. The van der Waals surface area contributed by atoms with E-state index in [0.29, 0.717) is 25.3 Å². The van der Waals surface area contributed by atoms with E-state index < -0.39 is 0 Å². The first-order valence-corrected chi connectivity index (χ1v) is 10.7. The zero-order valence-corrected chi connectivity index (χ0v) is 21.3. The van der Waals surface area contributed by atoms with Gasteiger partial charge in [0.2, 0.25) is 0 Å². The van der Waals surface area contributed by atoms with Crippen molar-refractivity contribution in [2.75, 3.05) is 20.6 Å². The third kappa shape index (κ3) is 8.76. The maximum Gasteiger partial charge on any atom is 0.251 e. The lowest BCUT2D eigenvalue weighted by atomic mass is 10.1. The summed E-state index contributed by atoms with van der Waals surface area (Å²) in [6, 6.07) is 25.8. The van der Waals surface area contributed by atoms with Crippen molar-refractivity contribution in [1.29, 1.82) is 0 Å². The molecule has 0 atom stereocenters. The van der Waals surface area contributed by atoms with Crippen LogP contribution in [0.25, 0.3) is 0 Å². The summed E-state index contributed by atoms with van der Waals surface area (Å²) in [4.78, 5) is 16.1. The van der Waals surface area contributed by atoms with Gasteiger partial charge in [-0.05, 0) is 47.4 Å². The van der Waals surface area contributed by atoms with Crippen LogP contribution in [-0.2, 0) is 19.6 Å². The predicted molar refractivity (Wildman–Crippen MR) is 144 cm³/mol. The molecule has 0 aliphatic carbocycles. The van der Waals surface area contributed by atoms with Gasteiger partial charge in [-0.2, -0.15) is 0 Å². The zero-order chi connectivity index (χ0) is 22.6. The Kier molecular flexibility index (Phi) is 11.2. The lowest BCUT2D eigenvalue weighted by molar-refractivity contribution is 0.0963. The lowest BCUT2D eigenvalue weighted by Gasteiger charge is -2.13. The smallest absolute Gasteiger partial charge is 0.251 e. The molecule has 0 aliphatic rings. The number of nitrogens with zero attached hydrogens (tertiary/aromatic N) is 1. The van der Waals surface area contributed by atoms with Crippen molar-refractivity contribution in [3.63, 3.8) is 0 Å². The number of aliphatic imine (C=N–C) groups is 1. The molecule has 0 fully saturated rings. The molecule has 3 rings (SSSR count). The molecule has 0 heterocycles. The first kappa shape index (κ1) is 26.2. The van der Waals surface area contributed by atoms with Crippen LogP contribution in [0.4, 0.5) is 0 Å². The molecule has 0 radical (unpaired) electrons. The summed E-state index contributed by atoms with van der Waals surface area (Å²) in [5.74, 6) is 1.52. The summed E-state index contributed by atoms with van der Waals surface area (Å²) >= 11 is 0. The lowest BCUT2D eigenvalue weighted by Crippen LogP contribution is -2.37. The van der Waals surface area contributed by atoms with Crippen LogP contribution in [0.3, 0.4) is 0 Å². The fourth-order valence-corrected chi connectivity index (χ4v) is 3.26. The van der Waals surface area contributed by atoms with Crippen molar-refractivity contribution in [2.45, 2.75) is 19.6 Å². The number of amides is 1. The minimum atomic E-state index is -0.0753. The van der Waals surface area contributed by atoms with Crippen LogP contribution < -0.4 is 20.7 Å². The third-order valence-corrected chi connectivity index (χ3v) is 4.95. The molecule has 33 heavy (non-hydrogen) atoms. The molecule has 3 N–H and O–H groups in total. The SMILES string of the molecule is CN=C(NCCc1cccc(C(=O)NC)c1)NCc1cccc(COc2ccccc2)c1.I. The fraction of sp³-hybridized carbons (Fsp3) is 0.231. The van der Waals surface area contributed by atoms with Crippen LogP contribution in [0.2, 0.25) is 0 Å². The maximum atomic E-state index is 11.8. The zero-order valence-electron chi connectivity index (χ0n) is 19.0. The highest BCUT2D eigenvalue weighted by Gasteiger charge is 2.05. The van der Waals surface area contributed by atoms with Crippen LogP contribution in [0.15, 0.2) is 83.9 Å². The van der Waals surface area contributed by atoms with Gasteiger partial charge in [0, 0.05) is 32.7 Å². The second-order valence-corrected chi connectivity index (χ2v) is 7.30. The molecule has 0 spiro atoms. The van der Waals surface area contributed by atoms with E-state index in [1.165, 1.54) is 0 Å². The van der Waals surface area contributed by atoms with Gasteiger partial charge in [0.05, 0.1) is 0 Å². The van der Waals surface area contributed by atoms with Gasteiger partial charge in [0.25, 0.3) is 5.91 Å². The van der Waals surface area contributed by atoms with E-state index in [4.69, 9.17) is 4.74 Å². The van der Waals surface area contributed by atoms with E-state index in [1.54, 1.807) is 14.1 Å². The van der Waals surface area contributed by atoms with Crippen LogP contribution in [0.5, 0.6) is 5.75 Å². The molecular weight excluding hydrogens is 527 g/mol. The van der Waals surface area contributed by atoms with Gasteiger partial charge in [-0.1, -0.05) is 54.6 Å². The molecule has 6 nitrogen and oxygen atoms in total. The number of nitrogens with one attached hydrogen (secondary N) is 3. The summed E-state index contributed by atoms with van der Waals surface area (Å²) in [5, 5.41) is 9.32. The van der Waals surface area contributed by atoms with Crippen LogP contribution in [0.1, 0.15) is 27.0 Å². The van der Waals surface area contributed by atoms with Crippen molar-refractivity contribution in [3.8, 4) is 5.75 Å². The van der Waals surface area contributed by atoms with Crippen molar-refractivity contribution in [3.05, 3.63) is 101 Å². The van der Waals surface area contributed by atoms with Crippen molar-refractivity contribution >= 4 is 35.8 Å². The molecule has 0 saturated carbocycles. The Morgan fingerprint density at radius 3 is 2.36 bits per heavy atom. The number of guanidine groups is 1. The first-order chi connectivity index (χ1) is 15.7. The van der Waals surface area contributed by atoms with Gasteiger partial charge in [0.1, 0.15) is 12.4 Å². The summed E-state index contributed by atoms with van der Waals surface area (Å²) in [5.41, 5.74) is 4.04. The Hall–Kier alpha value is -3.07. The maximum absolute atomic E-state index is 11.8. The Bertz CT molecular complexity index is 1040. The molecule has 0 bridgehead atoms. The number of carbonyl (C=O) groups is 1. The van der Waals surface area contributed by atoms with E-state index in [1.807, 2.05) is 60.7 Å². The highest BCUT2D eigenvalue weighted by Crippen LogP contribution is 2.13. The van der Waals surface area contributed by atoms with Crippen molar-refractivity contribution in [2.24, 2.45) is 4.99 Å². The molecule has 0 aromatic heterocycles. The third-order valence-electron chi connectivity index (χ3n) is 4.95. The van der Waals surface area contributed by atoms with Gasteiger partial charge in [0.15, 0.2) is 5.96 Å². The largest absolute Gasteiger partial charge is 0.489 e. The van der Waals surface area contributed by atoms with Gasteiger partial charge in [-0.15, -0.1) is 24.0 Å². The van der Waals surface area contributed by atoms with Gasteiger partial charge < -0.3 is 20.7 Å². The summed E-state index contributed by atoms with van der Waals surface area (Å²) < 4.78 is 5.84. The molecule has 0 unspecified atom stereocenters. The van der Waals surface area contributed by atoms with Crippen LogP contribution in [-0.4, -0.2) is 32.5 Å². The number of hydrogen-bond acceptors (Lipinski definition) is 3. The second-order valence-electron chi connectivity index (χ2n) is 7.30.